The molecule has 0 bridgehead atoms. The highest BCUT2D eigenvalue weighted by atomic mass is 15.1. The minimum absolute atomic E-state index is 0.677. The number of anilines is 1. The summed E-state index contributed by atoms with van der Waals surface area (Å²) >= 11 is 0. The van der Waals surface area contributed by atoms with Gasteiger partial charge in [-0.1, -0.05) is 44.5 Å². The molecule has 2 heteroatoms. The highest BCUT2D eigenvalue weighted by Crippen LogP contribution is 2.10. The minimum atomic E-state index is 0.677. The van der Waals surface area contributed by atoms with E-state index in [1.807, 2.05) is 0 Å². The Labute approximate surface area is 98.8 Å². The predicted molar refractivity (Wildman–Crippen MR) is 71.4 cm³/mol. The number of aryl methyl sites for hydroxylation is 1. The SMILES string of the molecule is C=C(NCC(C)CC)Nc1ccc(C)cc1. The van der Waals surface area contributed by atoms with Crippen LogP contribution < -0.4 is 10.6 Å². The summed E-state index contributed by atoms with van der Waals surface area (Å²) in [7, 11) is 0. The Kier molecular flexibility index (Phi) is 4.90. The van der Waals surface area contributed by atoms with Crippen LogP contribution in [0, 0.1) is 12.8 Å². The van der Waals surface area contributed by atoms with Crippen molar-refractivity contribution in [3.63, 3.8) is 0 Å². The van der Waals surface area contributed by atoms with Gasteiger partial charge in [-0.3, -0.25) is 0 Å². The van der Waals surface area contributed by atoms with E-state index in [4.69, 9.17) is 0 Å². The number of benzene rings is 1. The molecule has 0 fully saturated rings. The smallest absolute Gasteiger partial charge is 0.0957 e. The lowest BCUT2D eigenvalue weighted by molar-refractivity contribution is 0.531. The first kappa shape index (κ1) is 12.6. The zero-order chi connectivity index (χ0) is 12.0. The maximum absolute atomic E-state index is 3.96. The van der Waals surface area contributed by atoms with Gasteiger partial charge in [-0.15, -0.1) is 0 Å². The first-order valence-corrected chi connectivity index (χ1v) is 5.88. The molecule has 0 heterocycles. The normalized spacial score (nSPS) is 11.9. The van der Waals surface area contributed by atoms with E-state index in [-0.39, 0.29) is 0 Å². The molecule has 1 aromatic rings. The zero-order valence-electron chi connectivity index (χ0n) is 10.5. The predicted octanol–water partition coefficient (Wildman–Crippen LogP) is 3.51. The van der Waals surface area contributed by atoms with E-state index >= 15 is 0 Å². The van der Waals surface area contributed by atoms with E-state index in [9.17, 15) is 0 Å². The Morgan fingerprint density at radius 2 is 1.94 bits per heavy atom. The van der Waals surface area contributed by atoms with Crippen LogP contribution in [0.25, 0.3) is 0 Å². The van der Waals surface area contributed by atoms with Gasteiger partial charge in [-0.05, 0) is 25.0 Å². The van der Waals surface area contributed by atoms with E-state index in [0.29, 0.717) is 5.92 Å². The van der Waals surface area contributed by atoms with Crippen LogP contribution in [-0.4, -0.2) is 6.54 Å². The van der Waals surface area contributed by atoms with E-state index in [1.54, 1.807) is 0 Å². The molecule has 0 aliphatic rings. The molecular weight excluding hydrogens is 196 g/mol. The van der Waals surface area contributed by atoms with Gasteiger partial charge in [0, 0.05) is 12.2 Å². The monoisotopic (exact) mass is 218 g/mol. The summed E-state index contributed by atoms with van der Waals surface area (Å²) in [6, 6.07) is 8.30. The summed E-state index contributed by atoms with van der Waals surface area (Å²) in [6.45, 7) is 11.4. The van der Waals surface area contributed by atoms with Crippen LogP contribution >= 0.6 is 0 Å². The minimum Gasteiger partial charge on any atom is -0.372 e. The fraction of sp³-hybridized carbons (Fsp3) is 0.429. The average Bonchev–Trinajstić information content (AvgIpc) is 2.29. The summed E-state index contributed by atoms with van der Waals surface area (Å²) in [5, 5.41) is 6.53. The van der Waals surface area contributed by atoms with Gasteiger partial charge in [0.25, 0.3) is 0 Å². The van der Waals surface area contributed by atoms with Gasteiger partial charge in [0.2, 0.25) is 0 Å². The number of hydrogen-bond donors (Lipinski definition) is 2. The van der Waals surface area contributed by atoms with Crippen molar-refractivity contribution in [2.75, 3.05) is 11.9 Å². The second-order valence-corrected chi connectivity index (χ2v) is 4.36. The molecule has 1 unspecified atom stereocenters. The van der Waals surface area contributed by atoms with Crippen LogP contribution in [0.2, 0.25) is 0 Å². The Bertz CT molecular complexity index is 327. The molecule has 2 N–H and O–H groups in total. The fourth-order valence-electron chi connectivity index (χ4n) is 1.30. The van der Waals surface area contributed by atoms with E-state index in [0.717, 1.165) is 18.1 Å². The maximum Gasteiger partial charge on any atom is 0.0957 e. The molecular formula is C14H22N2. The van der Waals surface area contributed by atoms with Crippen molar-refractivity contribution >= 4 is 5.69 Å². The van der Waals surface area contributed by atoms with Crippen molar-refractivity contribution in [3.05, 3.63) is 42.2 Å². The summed E-state index contributed by atoms with van der Waals surface area (Å²) < 4.78 is 0. The van der Waals surface area contributed by atoms with Gasteiger partial charge in [0.05, 0.1) is 5.82 Å². The number of hydrogen-bond acceptors (Lipinski definition) is 2. The quantitative estimate of drug-likeness (QED) is 0.763. The second kappa shape index (κ2) is 6.21. The highest BCUT2D eigenvalue weighted by Gasteiger charge is 1.99. The van der Waals surface area contributed by atoms with Crippen molar-refractivity contribution in [2.45, 2.75) is 27.2 Å². The van der Waals surface area contributed by atoms with Crippen LogP contribution in [0.4, 0.5) is 5.69 Å². The van der Waals surface area contributed by atoms with Gasteiger partial charge in [-0.2, -0.15) is 0 Å². The lowest BCUT2D eigenvalue weighted by atomic mass is 10.1. The summed E-state index contributed by atoms with van der Waals surface area (Å²) in [5.41, 5.74) is 2.34. The molecule has 0 spiro atoms. The van der Waals surface area contributed by atoms with E-state index in [1.165, 1.54) is 12.0 Å². The van der Waals surface area contributed by atoms with Crippen molar-refractivity contribution in [2.24, 2.45) is 5.92 Å². The highest BCUT2D eigenvalue weighted by molar-refractivity contribution is 5.48. The van der Waals surface area contributed by atoms with Gasteiger partial charge in [0.1, 0.15) is 0 Å². The largest absolute Gasteiger partial charge is 0.372 e. The Balaban J connectivity index is 2.37. The van der Waals surface area contributed by atoms with Crippen LogP contribution in [-0.2, 0) is 0 Å². The summed E-state index contributed by atoms with van der Waals surface area (Å²) in [5.74, 6) is 1.54. The molecule has 1 rings (SSSR count). The average molecular weight is 218 g/mol. The Morgan fingerprint density at radius 3 is 2.50 bits per heavy atom. The van der Waals surface area contributed by atoms with Crippen LogP contribution in [0.1, 0.15) is 25.8 Å². The molecule has 2 nitrogen and oxygen atoms in total. The summed E-state index contributed by atoms with van der Waals surface area (Å²) in [4.78, 5) is 0. The standard InChI is InChI=1S/C14H22N2/c1-5-11(2)10-15-13(4)16-14-8-6-12(3)7-9-14/h6-9,11,15-16H,4-5,10H2,1-3H3. The maximum atomic E-state index is 3.96. The van der Waals surface area contributed by atoms with Crippen molar-refractivity contribution in [1.29, 1.82) is 0 Å². The lowest BCUT2D eigenvalue weighted by Crippen LogP contribution is -2.23. The first-order valence-electron chi connectivity index (χ1n) is 5.88. The fourth-order valence-corrected chi connectivity index (χ4v) is 1.30. The van der Waals surface area contributed by atoms with Crippen molar-refractivity contribution < 1.29 is 0 Å². The topological polar surface area (TPSA) is 24.1 Å². The molecule has 0 saturated heterocycles. The summed E-state index contributed by atoms with van der Waals surface area (Å²) in [6.07, 6.45) is 1.19. The molecule has 0 radical (unpaired) electrons. The van der Waals surface area contributed by atoms with Crippen LogP contribution in [0.3, 0.4) is 0 Å². The third-order valence-corrected chi connectivity index (χ3v) is 2.71. The number of nitrogens with one attached hydrogen (secondary N) is 2. The molecule has 0 aliphatic carbocycles. The van der Waals surface area contributed by atoms with E-state index in [2.05, 4.69) is 62.2 Å². The molecule has 1 atom stereocenters. The zero-order valence-corrected chi connectivity index (χ0v) is 10.5. The Hall–Kier alpha value is -1.44. The Morgan fingerprint density at radius 1 is 1.31 bits per heavy atom. The van der Waals surface area contributed by atoms with E-state index < -0.39 is 0 Å². The molecule has 16 heavy (non-hydrogen) atoms. The molecule has 1 aromatic carbocycles. The van der Waals surface area contributed by atoms with Gasteiger partial charge >= 0.3 is 0 Å². The van der Waals surface area contributed by atoms with Gasteiger partial charge in [0.15, 0.2) is 0 Å². The second-order valence-electron chi connectivity index (χ2n) is 4.36. The lowest BCUT2D eigenvalue weighted by Gasteiger charge is -2.15. The third-order valence-electron chi connectivity index (χ3n) is 2.71. The van der Waals surface area contributed by atoms with Crippen molar-refractivity contribution in [1.82, 2.24) is 5.32 Å². The molecule has 0 aromatic heterocycles. The first-order chi connectivity index (χ1) is 7.61. The third kappa shape index (κ3) is 4.39. The van der Waals surface area contributed by atoms with Crippen molar-refractivity contribution in [3.8, 4) is 0 Å². The number of rotatable bonds is 6. The molecule has 0 saturated carbocycles. The van der Waals surface area contributed by atoms with Gasteiger partial charge < -0.3 is 10.6 Å². The van der Waals surface area contributed by atoms with Crippen LogP contribution in [0.5, 0.6) is 0 Å². The molecule has 0 aliphatic heterocycles. The van der Waals surface area contributed by atoms with Crippen LogP contribution in [0.15, 0.2) is 36.7 Å². The molecule has 88 valence electrons. The molecule has 0 amide bonds. The van der Waals surface area contributed by atoms with Gasteiger partial charge in [-0.25, -0.2) is 0 Å².